The highest BCUT2D eigenvalue weighted by Gasteiger charge is 2.41. The van der Waals surface area contributed by atoms with Gasteiger partial charge in [0.25, 0.3) is 0 Å². The Morgan fingerprint density at radius 3 is 1.92 bits per heavy atom. The van der Waals surface area contributed by atoms with Gasteiger partial charge in [0.05, 0.1) is 7.11 Å². The lowest BCUT2D eigenvalue weighted by Crippen LogP contribution is -2.53. The van der Waals surface area contributed by atoms with Crippen molar-refractivity contribution in [2.24, 2.45) is 0 Å². The van der Waals surface area contributed by atoms with E-state index in [0.717, 1.165) is 16.0 Å². The summed E-state index contributed by atoms with van der Waals surface area (Å²) in [5.74, 6) is -0.685. The minimum absolute atomic E-state index is 0.0594. The molecule has 0 aliphatic carbocycles. The number of benzene rings is 2. The molecule has 0 fully saturated rings. The van der Waals surface area contributed by atoms with Crippen LogP contribution in [-0.2, 0) is 19.0 Å². The molecule has 0 spiro atoms. The number of methoxy groups -OCH3 is 1. The van der Waals surface area contributed by atoms with Gasteiger partial charge in [-0.2, -0.15) is 4.90 Å². The van der Waals surface area contributed by atoms with E-state index in [4.69, 9.17) is 14.2 Å². The largest absolute Gasteiger partial charge is 0.467 e. The fourth-order valence-corrected chi connectivity index (χ4v) is 5.79. The van der Waals surface area contributed by atoms with Crippen LogP contribution < -0.4 is 0 Å². The van der Waals surface area contributed by atoms with Crippen LogP contribution in [-0.4, -0.2) is 53.2 Å². The number of nitrogens with zero attached hydrogens (tertiary/aromatic N) is 1. The molecule has 2 amide bonds. The van der Waals surface area contributed by atoms with Crippen LogP contribution in [0.4, 0.5) is 9.59 Å². The molecule has 1 heterocycles. The van der Waals surface area contributed by atoms with Crippen molar-refractivity contribution in [2.75, 3.05) is 12.9 Å². The molecule has 1 aromatic heterocycles. The molecule has 2 aromatic carbocycles. The first kappa shape index (κ1) is 30.5. The highest BCUT2D eigenvalue weighted by atomic mass is 32.2. The molecule has 39 heavy (non-hydrogen) atoms. The molecular weight excluding hydrogens is 534 g/mol. The molecule has 0 saturated heterocycles. The lowest BCUT2D eigenvalue weighted by Gasteiger charge is -2.32. The Balaban J connectivity index is 1.83. The fourth-order valence-electron chi connectivity index (χ4n) is 3.78. The number of carbonyl (C=O) groups is 3. The van der Waals surface area contributed by atoms with E-state index in [1.54, 1.807) is 52.9 Å². The SMILES string of the molecule is COC(=O)C(CSc1ccc(-c2ccc3sc(C)c(C)c3c2)cc1)N(C(=O)OC(C)(C)C)C(=O)OC(C)(C)C. The van der Waals surface area contributed by atoms with Gasteiger partial charge < -0.3 is 14.2 Å². The number of ether oxygens (including phenoxy) is 3. The average Bonchev–Trinajstić information content (AvgIpc) is 3.11. The summed E-state index contributed by atoms with van der Waals surface area (Å²) in [7, 11) is 1.21. The smallest absolute Gasteiger partial charge is 0.420 e. The third-order valence-electron chi connectivity index (χ3n) is 5.74. The number of carbonyl (C=O) groups excluding carboxylic acids is 3. The summed E-state index contributed by atoms with van der Waals surface area (Å²) in [4.78, 5) is 41.8. The van der Waals surface area contributed by atoms with Crippen molar-refractivity contribution in [3.05, 3.63) is 52.9 Å². The Kier molecular flexibility index (Phi) is 9.39. The van der Waals surface area contributed by atoms with Crippen molar-refractivity contribution in [3.8, 4) is 11.1 Å². The zero-order valence-electron chi connectivity index (χ0n) is 24.0. The van der Waals surface area contributed by atoms with Crippen LogP contribution >= 0.6 is 23.1 Å². The normalized spacial score (nSPS) is 12.6. The lowest BCUT2D eigenvalue weighted by molar-refractivity contribution is -0.145. The van der Waals surface area contributed by atoms with Gasteiger partial charge in [0.2, 0.25) is 0 Å². The number of rotatable bonds is 6. The summed E-state index contributed by atoms with van der Waals surface area (Å²) in [5, 5.41) is 1.26. The predicted octanol–water partition coefficient (Wildman–Crippen LogP) is 7.99. The Bertz CT molecular complexity index is 1320. The third-order valence-corrected chi connectivity index (χ3v) is 8.01. The maximum absolute atomic E-state index is 13.1. The molecule has 0 radical (unpaired) electrons. The summed E-state index contributed by atoms with van der Waals surface area (Å²) in [5.41, 5.74) is 1.72. The van der Waals surface area contributed by atoms with E-state index in [-0.39, 0.29) is 5.75 Å². The summed E-state index contributed by atoms with van der Waals surface area (Å²) in [6, 6.07) is 13.2. The van der Waals surface area contributed by atoms with E-state index < -0.39 is 35.4 Å². The van der Waals surface area contributed by atoms with E-state index in [1.165, 1.54) is 39.4 Å². The molecule has 3 rings (SSSR count). The number of aryl methyl sites for hydroxylation is 2. The second kappa shape index (κ2) is 12.0. The van der Waals surface area contributed by atoms with Gasteiger partial charge in [-0.3, -0.25) is 0 Å². The molecule has 210 valence electrons. The van der Waals surface area contributed by atoms with Gasteiger partial charge in [-0.25, -0.2) is 14.4 Å². The van der Waals surface area contributed by atoms with Gasteiger partial charge in [0, 0.05) is 20.2 Å². The van der Waals surface area contributed by atoms with Crippen molar-refractivity contribution in [1.29, 1.82) is 0 Å². The lowest BCUT2D eigenvalue weighted by atomic mass is 10.0. The van der Waals surface area contributed by atoms with Gasteiger partial charge in [-0.1, -0.05) is 18.2 Å². The van der Waals surface area contributed by atoms with Crippen LogP contribution in [0.2, 0.25) is 0 Å². The minimum atomic E-state index is -1.25. The van der Waals surface area contributed by atoms with E-state index in [2.05, 4.69) is 32.0 Å². The van der Waals surface area contributed by atoms with E-state index >= 15 is 0 Å². The summed E-state index contributed by atoms with van der Waals surface area (Å²) >= 11 is 3.13. The quantitative estimate of drug-likeness (QED) is 0.168. The van der Waals surface area contributed by atoms with Gasteiger partial charge >= 0.3 is 18.2 Å². The third kappa shape index (κ3) is 7.99. The number of fused-ring (bicyclic) bond motifs is 1. The minimum Gasteiger partial charge on any atom is -0.467 e. The van der Waals surface area contributed by atoms with Gasteiger partial charge in [-0.15, -0.1) is 23.1 Å². The second-order valence-electron chi connectivity index (χ2n) is 11.2. The van der Waals surface area contributed by atoms with Gasteiger partial charge in [0.15, 0.2) is 6.04 Å². The van der Waals surface area contributed by atoms with Crippen molar-refractivity contribution >= 4 is 51.3 Å². The molecule has 1 atom stereocenters. The summed E-state index contributed by atoms with van der Waals surface area (Å²) in [6.07, 6.45) is -1.95. The Morgan fingerprint density at radius 2 is 1.41 bits per heavy atom. The molecule has 0 aliphatic heterocycles. The Labute approximate surface area is 238 Å². The molecule has 0 aliphatic rings. The molecule has 1 unspecified atom stereocenters. The first-order valence-electron chi connectivity index (χ1n) is 12.7. The van der Waals surface area contributed by atoms with Crippen LogP contribution in [0.15, 0.2) is 47.4 Å². The van der Waals surface area contributed by atoms with Gasteiger partial charge in [0.1, 0.15) is 11.2 Å². The molecule has 3 aromatic rings. The zero-order valence-corrected chi connectivity index (χ0v) is 25.7. The van der Waals surface area contributed by atoms with Crippen molar-refractivity contribution < 1.29 is 28.6 Å². The van der Waals surface area contributed by atoms with Crippen LogP contribution in [0.3, 0.4) is 0 Å². The Hall–Kier alpha value is -3.04. The number of esters is 1. The second-order valence-corrected chi connectivity index (χ2v) is 13.5. The van der Waals surface area contributed by atoms with Crippen LogP contribution in [0, 0.1) is 13.8 Å². The first-order valence-corrected chi connectivity index (χ1v) is 14.5. The Morgan fingerprint density at radius 1 is 0.872 bits per heavy atom. The van der Waals surface area contributed by atoms with E-state index in [0.29, 0.717) is 4.90 Å². The van der Waals surface area contributed by atoms with Crippen molar-refractivity contribution in [1.82, 2.24) is 4.90 Å². The standard InChI is InChI=1S/C30H37NO6S2/c1-18-19(2)39-25-15-12-21(16-23(18)25)20-10-13-22(14-11-20)38-17-24(26(32)35-9)31(27(33)36-29(3,4)5)28(34)37-30(6,7)8/h10-16,24H,17H2,1-9H3. The average molecular weight is 572 g/mol. The van der Waals surface area contributed by atoms with E-state index in [9.17, 15) is 14.4 Å². The summed E-state index contributed by atoms with van der Waals surface area (Å²) < 4.78 is 17.1. The molecule has 7 nitrogen and oxygen atoms in total. The number of amides is 2. The predicted molar refractivity (Wildman–Crippen MR) is 158 cm³/mol. The van der Waals surface area contributed by atoms with E-state index in [1.807, 2.05) is 24.3 Å². The highest BCUT2D eigenvalue weighted by Crippen LogP contribution is 2.34. The maximum Gasteiger partial charge on any atom is 0.420 e. The maximum atomic E-state index is 13.1. The number of thiophene rings is 1. The van der Waals surface area contributed by atoms with Gasteiger partial charge in [-0.05, 0) is 102 Å². The van der Waals surface area contributed by atoms with Crippen molar-refractivity contribution in [3.63, 3.8) is 0 Å². The fraction of sp³-hybridized carbons (Fsp3) is 0.433. The molecular formula is C30H37NO6S2. The molecule has 0 saturated carbocycles. The monoisotopic (exact) mass is 571 g/mol. The number of thioether (sulfide) groups is 1. The molecule has 0 bridgehead atoms. The summed E-state index contributed by atoms with van der Waals surface area (Å²) in [6.45, 7) is 14.4. The zero-order chi connectivity index (χ0) is 29.1. The highest BCUT2D eigenvalue weighted by molar-refractivity contribution is 7.99. The van der Waals surface area contributed by atoms with Crippen molar-refractivity contribution in [2.45, 2.75) is 77.5 Å². The molecule has 9 heteroatoms. The molecule has 0 N–H and O–H groups in total. The van der Waals surface area contributed by atoms with Crippen LogP contribution in [0.5, 0.6) is 0 Å². The van der Waals surface area contributed by atoms with Crippen LogP contribution in [0.1, 0.15) is 52.0 Å². The first-order chi connectivity index (χ1) is 18.1. The number of hydrogen-bond acceptors (Lipinski definition) is 8. The number of imide groups is 1. The van der Waals surface area contributed by atoms with Crippen LogP contribution in [0.25, 0.3) is 21.2 Å². The number of hydrogen-bond donors (Lipinski definition) is 0. The topological polar surface area (TPSA) is 82.1 Å².